The lowest BCUT2D eigenvalue weighted by Crippen LogP contribution is -2.26. The molecule has 2 aromatic carbocycles. The average molecular weight is 444 g/mol. The van der Waals surface area contributed by atoms with Crippen molar-refractivity contribution in [1.29, 1.82) is 0 Å². The first-order chi connectivity index (χ1) is 15.6. The Hall–Kier alpha value is -3.14. The van der Waals surface area contributed by atoms with Crippen molar-refractivity contribution in [3.05, 3.63) is 94.6 Å². The highest BCUT2D eigenvalue weighted by Crippen LogP contribution is 2.33. The molecule has 0 amide bonds. The van der Waals surface area contributed by atoms with E-state index < -0.39 is 0 Å². The van der Waals surface area contributed by atoms with Gasteiger partial charge in [-0.3, -0.25) is 4.99 Å². The molecule has 0 saturated carbocycles. The van der Waals surface area contributed by atoms with Gasteiger partial charge in [-0.15, -0.1) is 0 Å². The Balaban J connectivity index is 1.30. The third-order valence-electron chi connectivity index (χ3n) is 6.71. The first kappa shape index (κ1) is 23.0. The predicted octanol–water partition coefficient (Wildman–Crippen LogP) is 6.81. The van der Waals surface area contributed by atoms with Gasteiger partial charge in [0.1, 0.15) is 11.7 Å². The number of anilines is 1. The van der Waals surface area contributed by atoms with Gasteiger partial charge in [-0.25, -0.2) is 4.39 Å². The van der Waals surface area contributed by atoms with Crippen LogP contribution in [0.25, 0.3) is 6.08 Å². The van der Waals surface area contributed by atoms with Crippen molar-refractivity contribution in [2.45, 2.75) is 47.0 Å². The smallest absolute Gasteiger partial charge is 0.124 e. The van der Waals surface area contributed by atoms with E-state index in [1.54, 1.807) is 12.1 Å². The first-order valence-corrected chi connectivity index (χ1v) is 11.6. The van der Waals surface area contributed by atoms with Crippen LogP contribution in [-0.2, 0) is 12.8 Å². The quantitative estimate of drug-likeness (QED) is 0.514. The summed E-state index contributed by atoms with van der Waals surface area (Å²) in [5, 5.41) is 6.82. The second-order valence-corrected chi connectivity index (χ2v) is 10.4. The molecule has 2 N–H and O–H groups in total. The number of nitrogens with zero attached hydrogens (tertiary/aromatic N) is 1. The summed E-state index contributed by atoms with van der Waals surface area (Å²) >= 11 is 0. The number of benzene rings is 2. The molecule has 1 aliphatic heterocycles. The third kappa shape index (κ3) is 5.44. The topological polar surface area (TPSA) is 36.4 Å². The molecule has 4 heteroatoms. The zero-order valence-electron chi connectivity index (χ0n) is 20.2. The molecular formula is C29H34FN3. The van der Waals surface area contributed by atoms with Crippen LogP contribution < -0.4 is 10.6 Å². The van der Waals surface area contributed by atoms with Crippen LogP contribution in [0.2, 0.25) is 0 Å². The lowest BCUT2D eigenvalue weighted by Gasteiger charge is -2.25. The average Bonchev–Trinajstić information content (AvgIpc) is 3.36. The summed E-state index contributed by atoms with van der Waals surface area (Å²) in [4.78, 5) is 4.67. The second-order valence-electron chi connectivity index (χ2n) is 10.4. The van der Waals surface area contributed by atoms with E-state index in [0.717, 1.165) is 65.4 Å². The van der Waals surface area contributed by atoms with E-state index in [0.29, 0.717) is 5.92 Å². The van der Waals surface area contributed by atoms with Crippen molar-refractivity contribution in [3.8, 4) is 0 Å². The summed E-state index contributed by atoms with van der Waals surface area (Å²) < 4.78 is 13.7. The van der Waals surface area contributed by atoms with Crippen LogP contribution in [0.5, 0.6) is 0 Å². The Bertz CT molecular complexity index is 1150. The number of nitrogens with one attached hydrogen (secondary N) is 2. The fraction of sp³-hybridized carbons (Fsp3) is 0.345. The third-order valence-corrected chi connectivity index (χ3v) is 6.71. The minimum atomic E-state index is -0.192. The summed E-state index contributed by atoms with van der Waals surface area (Å²) in [6, 6.07) is 11.5. The van der Waals surface area contributed by atoms with Crippen molar-refractivity contribution in [2.75, 3.05) is 11.9 Å². The molecule has 4 rings (SSSR count). The van der Waals surface area contributed by atoms with Crippen LogP contribution in [0.15, 0.2) is 71.5 Å². The van der Waals surface area contributed by atoms with Gasteiger partial charge >= 0.3 is 0 Å². The number of aliphatic imine (C=N–C) groups is 1. The Morgan fingerprint density at radius 3 is 2.52 bits per heavy atom. The maximum Gasteiger partial charge on any atom is 0.124 e. The Morgan fingerprint density at radius 2 is 1.85 bits per heavy atom. The fourth-order valence-corrected chi connectivity index (χ4v) is 4.50. The predicted molar refractivity (Wildman–Crippen MR) is 138 cm³/mol. The largest absolute Gasteiger partial charge is 0.356 e. The standard InChI is InChI=1S/C29H34FN3/c1-18-11-25(30)14-23-13-22(15-27(18)23)20(3)33-26-9-7-21(8-10-26)12-19(2)32-28-16-24(17-31-28)29(4,5)6/h7-11,13-14,24,33H,2-3,12,15-17H2,1,4-6H3,(H,31,32). The number of halogens is 1. The van der Waals surface area contributed by atoms with Crippen LogP contribution in [0, 0.1) is 24.1 Å². The van der Waals surface area contributed by atoms with E-state index in [4.69, 9.17) is 0 Å². The molecule has 0 spiro atoms. The van der Waals surface area contributed by atoms with Gasteiger partial charge < -0.3 is 10.6 Å². The highest BCUT2D eigenvalue weighted by Gasteiger charge is 2.29. The number of fused-ring (bicyclic) bond motifs is 1. The second kappa shape index (κ2) is 9.01. The van der Waals surface area contributed by atoms with Crippen LogP contribution in [0.1, 0.15) is 49.4 Å². The Morgan fingerprint density at radius 1 is 1.12 bits per heavy atom. The number of hydrogen-bond acceptors (Lipinski definition) is 3. The molecule has 2 aromatic rings. The normalized spacial score (nSPS) is 17.3. The molecule has 1 aliphatic carbocycles. The van der Waals surface area contributed by atoms with E-state index in [2.05, 4.69) is 73.8 Å². The molecule has 33 heavy (non-hydrogen) atoms. The van der Waals surface area contributed by atoms with Gasteiger partial charge in [0.2, 0.25) is 0 Å². The molecule has 0 aromatic heterocycles. The van der Waals surface area contributed by atoms with E-state index in [1.165, 1.54) is 11.1 Å². The minimum absolute atomic E-state index is 0.192. The number of amidine groups is 1. The molecular weight excluding hydrogens is 409 g/mol. The van der Waals surface area contributed by atoms with Gasteiger partial charge in [-0.1, -0.05) is 46.1 Å². The fourth-order valence-electron chi connectivity index (χ4n) is 4.50. The summed E-state index contributed by atoms with van der Waals surface area (Å²) in [5.41, 5.74) is 8.45. The van der Waals surface area contributed by atoms with Crippen molar-refractivity contribution >= 4 is 17.6 Å². The van der Waals surface area contributed by atoms with Crippen LogP contribution in [-0.4, -0.2) is 12.4 Å². The molecule has 172 valence electrons. The maximum absolute atomic E-state index is 13.7. The molecule has 0 bridgehead atoms. The number of hydrogen-bond donors (Lipinski definition) is 2. The molecule has 1 unspecified atom stereocenters. The van der Waals surface area contributed by atoms with Crippen molar-refractivity contribution in [2.24, 2.45) is 16.3 Å². The molecule has 0 radical (unpaired) electrons. The highest BCUT2D eigenvalue weighted by atomic mass is 19.1. The van der Waals surface area contributed by atoms with Crippen molar-refractivity contribution in [1.82, 2.24) is 5.32 Å². The maximum atomic E-state index is 13.7. The molecule has 0 saturated heterocycles. The van der Waals surface area contributed by atoms with Crippen LogP contribution in [0.3, 0.4) is 0 Å². The molecule has 1 heterocycles. The van der Waals surface area contributed by atoms with E-state index in [1.807, 2.05) is 13.0 Å². The van der Waals surface area contributed by atoms with Crippen molar-refractivity contribution in [3.63, 3.8) is 0 Å². The summed E-state index contributed by atoms with van der Waals surface area (Å²) in [6.45, 7) is 18.1. The Kier molecular flexibility index (Phi) is 6.29. The SMILES string of the molecule is C=C(Cc1ccc(NC(=C)C2=Cc3cc(F)cc(C)c3C2)cc1)NC1=NCC(C(C)(C)C)C1. The number of aryl methyl sites for hydroxylation is 1. The van der Waals surface area contributed by atoms with Gasteiger partial charge in [0.25, 0.3) is 0 Å². The van der Waals surface area contributed by atoms with Gasteiger partial charge in [0.05, 0.1) is 0 Å². The van der Waals surface area contributed by atoms with E-state index in [-0.39, 0.29) is 11.2 Å². The molecule has 3 nitrogen and oxygen atoms in total. The van der Waals surface area contributed by atoms with Gasteiger partial charge in [-0.05, 0) is 76.4 Å². The van der Waals surface area contributed by atoms with E-state index >= 15 is 0 Å². The lowest BCUT2D eigenvalue weighted by atomic mass is 9.80. The molecule has 1 atom stereocenters. The van der Waals surface area contributed by atoms with Gasteiger partial charge in [0.15, 0.2) is 0 Å². The summed E-state index contributed by atoms with van der Waals surface area (Å²) in [7, 11) is 0. The van der Waals surface area contributed by atoms with Gasteiger partial charge in [-0.2, -0.15) is 0 Å². The Labute approximate surface area is 197 Å². The number of rotatable bonds is 6. The van der Waals surface area contributed by atoms with Crippen LogP contribution >= 0.6 is 0 Å². The van der Waals surface area contributed by atoms with Gasteiger partial charge in [0, 0.05) is 42.9 Å². The zero-order chi connectivity index (χ0) is 23.8. The summed E-state index contributed by atoms with van der Waals surface area (Å²) in [5.74, 6) is 1.44. The number of allylic oxidation sites excluding steroid dienone is 2. The van der Waals surface area contributed by atoms with Crippen LogP contribution in [0.4, 0.5) is 10.1 Å². The highest BCUT2D eigenvalue weighted by molar-refractivity contribution is 5.85. The monoisotopic (exact) mass is 443 g/mol. The molecule has 2 aliphatic rings. The minimum Gasteiger partial charge on any atom is -0.356 e. The van der Waals surface area contributed by atoms with E-state index in [9.17, 15) is 4.39 Å². The lowest BCUT2D eigenvalue weighted by molar-refractivity contribution is 0.265. The molecule has 0 fully saturated rings. The zero-order valence-corrected chi connectivity index (χ0v) is 20.2. The first-order valence-electron chi connectivity index (χ1n) is 11.6. The van der Waals surface area contributed by atoms with Crippen molar-refractivity contribution < 1.29 is 4.39 Å². The summed E-state index contributed by atoms with van der Waals surface area (Å²) in [6.07, 6.45) is 4.54.